The number of hydrogen-bond acceptors (Lipinski definition) is 4. The third-order valence-electron chi connectivity index (χ3n) is 1.88. The fraction of sp³-hybridized carbons (Fsp3) is 0.400. The summed E-state index contributed by atoms with van der Waals surface area (Å²) in [4.78, 5) is 0. The number of benzene rings is 1. The van der Waals surface area contributed by atoms with E-state index >= 15 is 0 Å². The van der Waals surface area contributed by atoms with Gasteiger partial charge in [0, 0.05) is 19.3 Å². The Bertz CT molecular complexity index is 320. The standard InChI is InChI=1S/C10H15FN2O2/c1-15-6-8(14)5-13-10-3-2-7(12)4-9(10)11/h2-4,8,13-14H,5-6,12H2,1H3. The number of hydrogen-bond donors (Lipinski definition) is 3. The number of nitrogens with one attached hydrogen (secondary N) is 1. The van der Waals surface area contributed by atoms with Crippen LogP contribution in [0, 0.1) is 5.82 Å². The number of aliphatic hydroxyl groups is 1. The maximum absolute atomic E-state index is 13.2. The molecule has 4 nitrogen and oxygen atoms in total. The van der Waals surface area contributed by atoms with Crippen molar-refractivity contribution in [1.82, 2.24) is 0 Å². The van der Waals surface area contributed by atoms with Gasteiger partial charge in [0.05, 0.1) is 18.4 Å². The molecule has 0 aliphatic carbocycles. The molecule has 5 heteroatoms. The molecule has 1 rings (SSSR count). The van der Waals surface area contributed by atoms with Gasteiger partial charge >= 0.3 is 0 Å². The predicted molar refractivity (Wildman–Crippen MR) is 57.2 cm³/mol. The number of methoxy groups -OCH3 is 1. The molecule has 4 N–H and O–H groups in total. The van der Waals surface area contributed by atoms with E-state index in [1.54, 1.807) is 6.07 Å². The topological polar surface area (TPSA) is 67.5 Å². The first-order chi connectivity index (χ1) is 7.13. The first kappa shape index (κ1) is 11.7. The minimum absolute atomic E-state index is 0.212. The Balaban J connectivity index is 2.50. The molecule has 84 valence electrons. The highest BCUT2D eigenvalue weighted by Gasteiger charge is 2.05. The van der Waals surface area contributed by atoms with E-state index in [0.717, 1.165) is 0 Å². The Kier molecular flexibility index (Phi) is 4.33. The maximum Gasteiger partial charge on any atom is 0.148 e. The van der Waals surface area contributed by atoms with Crippen molar-refractivity contribution in [2.45, 2.75) is 6.10 Å². The number of ether oxygens (including phenoxy) is 1. The number of anilines is 2. The van der Waals surface area contributed by atoms with E-state index in [9.17, 15) is 9.50 Å². The molecule has 0 fully saturated rings. The monoisotopic (exact) mass is 214 g/mol. The Morgan fingerprint density at radius 3 is 2.93 bits per heavy atom. The van der Waals surface area contributed by atoms with Crippen LogP contribution in [-0.2, 0) is 4.74 Å². The Hall–Kier alpha value is -1.33. The number of nitrogen functional groups attached to an aromatic ring is 1. The summed E-state index contributed by atoms with van der Waals surface area (Å²) in [5.74, 6) is -0.431. The molecule has 1 atom stereocenters. The highest BCUT2D eigenvalue weighted by atomic mass is 19.1. The van der Waals surface area contributed by atoms with Gasteiger partial charge in [0.2, 0.25) is 0 Å². The van der Waals surface area contributed by atoms with Crippen LogP contribution in [0.5, 0.6) is 0 Å². The van der Waals surface area contributed by atoms with Crippen molar-refractivity contribution in [2.24, 2.45) is 0 Å². The molecule has 0 saturated carbocycles. The Morgan fingerprint density at radius 2 is 2.33 bits per heavy atom. The lowest BCUT2D eigenvalue weighted by Gasteiger charge is -2.12. The van der Waals surface area contributed by atoms with Crippen molar-refractivity contribution in [3.05, 3.63) is 24.0 Å². The Morgan fingerprint density at radius 1 is 1.60 bits per heavy atom. The van der Waals surface area contributed by atoms with E-state index in [1.807, 2.05) is 0 Å². The largest absolute Gasteiger partial charge is 0.399 e. The lowest BCUT2D eigenvalue weighted by Crippen LogP contribution is -2.24. The molecular weight excluding hydrogens is 199 g/mol. The van der Waals surface area contributed by atoms with Gasteiger partial charge in [0.15, 0.2) is 0 Å². The summed E-state index contributed by atoms with van der Waals surface area (Å²) in [5.41, 5.74) is 6.08. The van der Waals surface area contributed by atoms with Gasteiger partial charge < -0.3 is 20.9 Å². The molecule has 0 aromatic heterocycles. The van der Waals surface area contributed by atoms with Gasteiger partial charge in [-0.05, 0) is 18.2 Å². The third kappa shape index (κ3) is 3.73. The van der Waals surface area contributed by atoms with Crippen molar-refractivity contribution < 1.29 is 14.2 Å². The van der Waals surface area contributed by atoms with Crippen LogP contribution >= 0.6 is 0 Å². The highest BCUT2D eigenvalue weighted by Crippen LogP contribution is 2.16. The molecule has 1 aromatic carbocycles. The fourth-order valence-corrected chi connectivity index (χ4v) is 1.15. The zero-order valence-corrected chi connectivity index (χ0v) is 8.53. The molecule has 0 aliphatic heterocycles. The van der Waals surface area contributed by atoms with Gasteiger partial charge in [-0.3, -0.25) is 0 Å². The average molecular weight is 214 g/mol. The normalized spacial score (nSPS) is 12.5. The molecular formula is C10H15FN2O2. The second-order valence-electron chi connectivity index (χ2n) is 3.23. The smallest absolute Gasteiger partial charge is 0.148 e. The number of rotatable bonds is 5. The summed E-state index contributed by atoms with van der Waals surface area (Å²) in [6.07, 6.45) is -0.660. The minimum atomic E-state index is -0.660. The van der Waals surface area contributed by atoms with Crippen LogP contribution in [0.3, 0.4) is 0 Å². The first-order valence-electron chi connectivity index (χ1n) is 4.59. The van der Waals surface area contributed by atoms with E-state index in [1.165, 1.54) is 19.2 Å². The summed E-state index contributed by atoms with van der Waals surface area (Å²) >= 11 is 0. The number of aliphatic hydroxyl groups excluding tert-OH is 1. The second kappa shape index (κ2) is 5.53. The highest BCUT2D eigenvalue weighted by molar-refractivity contribution is 5.52. The SMILES string of the molecule is COCC(O)CNc1ccc(N)cc1F. The summed E-state index contributed by atoms with van der Waals surface area (Å²) < 4.78 is 18.0. The maximum atomic E-state index is 13.2. The zero-order valence-electron chi connectivity index (χ0n) is 8.53. The molecule has 0 spiro atoms. The van der Waals surface area contributed by atoms with Crippen molar-refractivity contribution in [3.63, 3.8) is 0 Å². The minimum Gasteiger partial charge on any atom is -0.399 e. The molecule has 1 unspecified atom stereocenters. The molecule has 0 heterocycles. The summed E-state index contributed by atoms with van der Waals surface area (Å²) in [6.45, 7) is 0.443. The molecule has 0 aliphatic rings. The summed E-state index contributed by atoms with van der Waals surface area (Å²) in [6, 6.07) is 4.35. The van der Waals surface area contributed by atoms with E-state index < -0.39 is 11.9 Å². The average Bonchev–Trinajstić information content (AvgIpc) is 2.17. The summed E-state index contributed by atoms with van der Waals surface area (Å²) in [7, 11) is 1.49. The van der Waals surface area contributed by atoms with E-state index in [0.29, 0.717) is 11.4 Å². The fourth-order valence-electron chi connectivity index (χ4n) is 1.15. The van der Waals surface area contributed by atoms with Crippen molar-refractivity contribution in [2.75, 3.05) is 31.3 Å². The third-order valence-corrected chi connectivity index (χ3v) is 1.88. The Labute approximate surface area is 87.9 Å². The molecule has 0 radical (unpaired) electrons. The van der Waals surface area contributed by atoms with Crippen LogP contribution in [0.1, 0.15) is 0 Å². The zero-order chi connectivity index (χ0) is 11.3. The molecule has 15 heavy (non-hydrogen) atoms. The quantitative estimate of drug-likeness (QED) is 0.635. The molecule has 0 bridgehead atoms. The van der Waals surface area contributed by atoms with Gasteiger partial charge in [0.1, 0.15) is 5.82 Å². The van der Waals surface area contributed by atoms with Gasteiger partial charge in [-0.1, -0.05) is 0 Å². The predicted octanol–water partition coefficient (Wildman–Crippen LogP) is 0.827. The van der Waals surface area contributed by atoms with Gasteiger partial charge in [-0.2, -0.15) is 0 Å². The van der Waals surface area contributed by atoms with E-state index in [2.05, 4.69) is 5.32 Å². The van der Waals surface area contributed by atoms with Gasteiger partial charge in [-0.15, -0.1) is 0 Å². The van der Waals surface area contributed by atoms with Crippen LogP contribution in [-0.4, -0.2) is 31.5 Å². The molecule has 0 saturated heterocycles. The lowest BCUT2D eigenvalue weighted by atomic mass is 10.2. The van der Waals surface area contributed by atoms with Crippen molar-refractivity contribution in [1.29, 1.82) is 0 Å². The van der Waals surface area contributed by atoms with Crippen LogP contribution in [0.25, 0.3) is 0 Å². The van der Waals surface area contributed by atoms with Gasteiger partial charge in [-0.25, -0.2) is 4.39 Å². The van der Waals surface area contributed by atoms with Crippen LogP contribution in [0.2, 0.25) is 0 Å². The van der Waals surface area contributed by atoms with E-state index in [-0.39, 0.29) is 13.2 Å². The van der Waals surface area contributed by atoms with Crippen LogP contribution in [0.15, 0.2) is 18.2 Å². The van der Waals surface area contributed by atoms with Crippen molar-refractivity contribution >= 4 is 11.4 Å². The van der Waals surface area contributed by atoms with Gasteiger partial charge in [0.25, 0.3) is 0 Å². The van der Waals surface area contributed by atoms with Crippen LogP contribution < -0.4 is 11.1 Å². The lowest BCUT2D eigenvalue weighted by molar-refractivity contribution is 0.0727. The molecule has 1 aromatic rings. The molecule has 0 amide bonds. The summed E-state index contributed by atoms with van der Waals surface area (Å²) in [5, 5.41) is 12.1. The van der Waals surface area contributed by atoms with E-state index in [4.69, 9.17) is 10.5 Å². The van der Waals surface area contributed by atoms with Crippen molar-refractivity contribution in [3.8, 4) is 0 Å². The second-order valence-corrected chi connectivity index (χ2v) is 3.23. The first-order valence-corrected chi connectivity index (χ1v) is 4.59. The number of nitrogens with two attached hydrogens (primary N) is 1. The van der Waals surface area contributed by atoms with Crippen LogP contribution in [0.4, 0.5) is 15.8 Å². The number of halogens is 1.